The Morgan fingerprint density at radius 1 is 1.60 bits per heavy atom. The molecule has 5 heteroatoms. The number of nitrogens with one attached hydrogen (secondary N) is 1. The number of ether oxygens (including phenoxy) is 1. The summed E-state index contributed by atoms with van der Waals surface area (Å²) >= 11 is 1.38. The van der Waals surface area contributed by atoms with Crippen LogP contribution in [0.3, 0.4) is 0 Å². The van der Waals surface area contributed by atoms with Gasteiger partial charge in [0.05, 0.1) is 19.3 Å². The lowest BCUT2D eigenvalue weighted by molar-refractivity contribution is 0.0895. The van der Waals surface area contributed by atoms with Crippen molar-refractivity contribution in [1.29, 1.82) is 0 Å². The van der Waals surface area contributed by atoms with E-state index < -0.39 is 0 Å². The fraction of sp³-hybridized carbons (Fsp3) is 0.533. The van der Waals surface area contributed by atoms with Crippen molar-refractivity contribution in [3.05, 3.63) is 21.9 Å². The van der Waals surface area contributed by atoms with Crippen molar-refractivity contribution in [2.75, 3.05) is 20.3 Å². The van der Waals surface area contributed by atoms with Crippen LogP contribution in [0.5, 0.6) is 0 Å². The quantitative estimate of drug-likeness (QED) is 0.757. The number of hydrogen-bond donors (Lipinski definition) is 2. The van der Waals surface area contributed by atoms with Crippen LogP contribution < -0.4 is 5.32 Å². The van der Waals surface area contributed by atoms with Gasteiger partial charge in [0.1, 0.15) is 4.88 Å². The number of carbonyl (C=O) groups excluding carboxylic acids is 1. The monoisotopic (exact) mass is 295 g/mol. The molecule has 0 bridgehead atoms. The highest BCUT2D eigenvalue weighted by molar-refractivity contribution is 7.12. The Kier molecular flexibility index (Phi) is 7.97. The Balaban J connectivity index is 2.72. The first-order chi connectivity index (χ1) is 9.72. The van der Waals surface area contributed by atoms with Gasteiger partial charge in [-0.3, -0.25) is 4.79 Å². The summed E-state index contributed by atoms with van der Waals surface area (Å²) in [6.45, 7) is 2.62. The predicted octanol–water partition coefficient (Wildman–Crippen LogP) is 2.03. The third kappa shape index (κ3) is 5.33. The van der Waals surface area contributed by atoms with Gasteiger partial charge >= 0.3 is 0 Å². The minimum absolute atomic E-state index is 0.0258. The van der Waals surface area contributed by atoms with E-state index in [0.717, 1.165) is 12.8 Å². The second kappa shape index (κ2) is 9.54. The maximum Gasteiger partial charge on any atom is 0.262 e. The van der Waals surface area contributed by atoms with Crippen LogP contribution in [0.2, 0.25) is 0 Å². The Labute approximate surface area is 124 Å². The molecule has 1 aromatic rings. The molecule has 110 valence electrons. The van der Waals surface area contributed by atoms with E-state index in [2.05, 4.69) is 24.1 Å². The normalized spacial score (nSPS) is 11.6. The van der Waals surface area contributed by atoms with Crippen LogP contribution in [0.4, 0.5) is 0 Å². The summed E-state index contributed by atoms with van der Waals surface area (Å²) in [5, 5.41) is 13.5. The van der Waals surface area contributed by atoms with Crippen molar-refractivity contribution in [3.63, 3.8) is 0 Å². The summed E-state index contributed by atoms with van der Waals surface area (Å²) in [7, 11) is 1.63. The molecule has 4 nitrogen and oxygen atoms in total. The third-order valence-electron chi connectivity index (χ3n) is 2.67. The smallest absolute Gasteiger partial charge is 0.262 e. The van der Waals surface area contributed by atoms with E-state index in [1.54, 1.807) is 7.11 Å². The second-order valence-corrected chi connectivity index (χ2v) is 5.27. The molecule has 1 unspecified atom stereocenters. The van der Waals surface area contributed by atoms with E-state index in [1.165, 1.54) is 11.3 Å². The molecule has 0 fully saturated rings. The van der Waals surface area contributed by atoms with Crippen LogP contribution in [0.1, 0.15) is 41.4 Å². The maximum absolute atomic E-state index is 12.2. The predicted molar refractivity (Wildman–Crippen MR) is 80.9 cm³/mol. The van der Waals surface area contributed by atoms with Crippen LogP contribution in [0, 0.1) is 11.8 Å². The first kappa shape index (κ1) is 16.7. The fourth-order valence-electron chi connectivity index (χ4n) is 1.79. The van der Waals surface area contributed by atoms with Crippen LogP contribution in [-0.2, 0) is 4.74 Å². The molecule has 1 rings (SSSR count). The molecule has 1 amide bonds. The van der Waals surface area contributed by atoms with Crippen LogP contribution >= 0.6 is 11.3 Å². The van der Waals surface area contributed by atoms with Gasteiger partial charge in [-0.1, -0.05) is 25.2 Å². The van der Waals surface area contributed by atoms with E-state index in [9.17, 15) is 4.79 Å². The zero-order valence-electron chi connectivity index (χ0n) is 11.9. The molecule has 1 atom stereocenters. The van der Waals surface area contributed by atoms with E-state index >= 15 is 0 Å². The zero-order chi connectivity index (χ0) is 14.8. The molecule has 0 aromatic carbocycles. The lowest BCUT2D eigenvalue weighted by atomic mass is 10.1. The molecule has 1 heterocycles. The number of carbonyl (C=O) groups is 1. The summed E-state index contributed by atoms with van der Waals surface area (Å²) < 4.78 is 5.12. The number of rotatable bonds is 7. The highest BCUT2D eigenvalue weighted by atomic mass is 32.1. The topological polar surface area (TPSA) is 58.6 Å². The molecule has 1 aromatic heterocycles. The van der Waals surface area contributed by atoms with Crippen molar-refractivity contribution >= 4 is 17.2 Å². The average molecular weight is 295 g/mol. The van der Waals surface area contributed by atoms with E-state index in [4.69, 9.17) is 9.84 Å². The SMILES string of the molecule is CCCC(COC)NC(=O)c1sccc1C#CCCO. The Bertz CT molecular complexity index is 467. The number of hydrogen-bond acceptors (Lipinski definition) is 4. The molecule has 0 saturated carbocycles. The number of amides is 1. The van der Waals surface area contributed by atoms with Gasteiger partial charge in [0, 0.05) is 19.1 Å². The van der Waals surface area contributed by atoms with Crippen molar-refractivity contribution in [1.82, 2.24) is 5.32 Å². The third-order valence-corrected chi connectivity index (χ3v) is 3.58. The Hall–Kier alpha value is -1.35. The van der Waals surface area contributed by atoms with Crippen molar-refractivity contribution in [2.24, 2.45) is 0 Å². The molecule has 20 heavy (non-hydrogen) atoms. The average Bonchev–Trinajstić information content (AvgIpc) is 2.88. The van der Waals surface area contributed by atoms with Crippen molar-refractivity contribution < 1.29 is 14.6 Å². The standard InChI is InChI=1S/C15H21NO3S/c1-3-6-13(11-19-2)16-15(18)14-12(8-10-20-14)7-4-5-9-17/h8,10,13,17H,3,5-6,9,11H2,1-2H3,(H,16,18). The van der Waals surface area contributed by atoms with Gasteiger partial charge in [-0.05, 0) is 17.9 Å². The van der Waals surface area contributed by atoms with E-state index in [-0.39, 0.29) is 18.6 Å². The van der Waals surface area contributed by atoms with Gasteiger partial charge < -0.3 is 15.2 Å². The summed E-state index contributed by atoms with van der Waals surface area (Å²) in [5.74, 6) is 5.65. The maximum atomic E-state index is 12.2. The minimum atomic E-state index is -0.108. The van der Waals surface area contributed by atoms with E-state index in [1.807, 2.05) is 11.4 Å². The van der Waals surface area contributed by atoms with Gasteiger partial charge in [0.15, 0.2) is 0 Å². The number of aliphatic hydroxyl groups is 1. The summed E-state index contributed by atoms with van der Waals surface area (Å²) in [5.41, 5.74) is 0.716. The van der Waals surface area contributed by atoms with Gasteiger partial charge in [0.2, 0.25) is 0 Å². The van der Waals surface area contributed by atoms with Crippen LogP contribution in [0.15, 0.2) is 11.4 Å². The van der Waals surface area contributed by atoms with Crippen LogP contribution in [-0.4, -0.2) is 37.4 Å². The molecule has 0 aliphatic rings. The minimum Gasteiger partial charge on any atom is -0.395 e. The number of thiophene rings is 1. The van der Waals surface area contributed by atoms with Gasteiger partial charge in [0.25, 0.3) is 5.91 Å². The second-order valence-electron chi connectivity index (χ2n) is 4.35. The molecular weight excluding hydrogens is 274 g/mol. The van der Waals surface area contributed by atoms with Crippen molar-refractivity contribution in [2.45, 2.75) is 32.2 Å². The highest BCUT2D eigenvalue weighted by Crippen LogP contribution is 2.16. The lowest BCUT2D eigenvalue weighted by Gasteiger charge is -2.16. The Morgan fingerprint density at radius 2 is 2.40 bits per heavy atom. The fourth-order valence-corrected chi connectivity index (χ4v) is 2.55. The van der Waals surface area contributed by atoms with Crippen molar-refractivity contribution in [3.8, 4) is 11.8 Å². The molecule has 0 aliphatic carbocycles. The Morgan fingerprint density at radius 3 is 3.05 bits per heavy atom. The molecule has 0 saturated heterocycles. The largest absolute Gasteiger partial charge is 0.395 e. The molecule has 2 N–H and O–H groups in total. The first-order valence-electron chi connectivity index (χ1n) is 6.69. The number of methoxy groups -OCH3 is 1. The van der Waals surface area contributed by atoms with E-state index in [0.29, 0.717) is 23.5 Å². The van der Waals surface area contributed by atoms with Crippen LogP contribution in [0.25, 0.3) is 0 Å². The van der Waals surface area contributed by atoms with Gasteiger partial charge in [-0.15, -0.1) is 11.3 Å². The first-order valence-corrected chi connectivity index (χ1v) is 7.57. The summed E-state index contributed by atoms with van der Waals surface area (Å²) in [4.78, 5) is 12.9. The zero-order valence-corrected chi connectivity index (χ0v) is 12.8. The summed E-state index contributed by atoms with van der Waals surface area (Å²) in [6, 6.07) is 1.85. The van der Waals surface area contributed by atoms with Gasteiger partial charge in [-0.25, -0.2) is 0 Å². The number of aliphatic hydroxyl groups excluding tert-OH is 1. The lowest BCUT2D eigenvalue weighted by Crippen LogP contribution is -2.37. The molecular formula is C15H21NO3S. The highest BCUT2D eigenvalue weighted by Gasteiger charge is 2.16. The molecule has 0 radical (unpaired) electrons. The molecule has 0 aliphatic heterocycles. The molecule has 0 spiro atoms. The summed E-state index contributed by atoms with van der Waals surface area (Å²) in [6.07, 6.45) is 2.29. The van der Waals surface area contributed by atoms with Gasteiger partial charge in [-0.2, -0.15) is 0 Å².